The van der Waals surface area contributed by atoms with Gasteiger partial charge in [-0.05, 0) is 80.9 Å². The van der Waals surface area contributed by atoms with Crippen LogP contribution >= 0.6 is 15.9 Å². The molecule has 204 valence electrons. The Bertz CT molecular complexity index is 1790. The quantitative estimate of drug-likeness (QED) is 0.146. The molecule has 0 saturated heterocycles. The van der Waals surface area contributed by atoms with Gasteiger partial charge in [-0.25, -0.2) is 9.78 Å². The van der Waals surface area contributed by atoms with Gasteiger partial charge in [0.1, 0.15) is 5.58 Å². The number of benzene rings is 3. The zero-order valence-electron chi connectivity index (χ0n) is 22.1. The topological polar surface area (TPSA) is 105 Å². The summed E-state index contributed by atoms with van der Waals surface area (Å²) in [4.78, 5) is 30.3. The molecule has 0 aliphatic rings. The standard InChI is InChI=1S/C30H26BrN3O6/c1-4-37-26-14-19(10-12-25(26)39-18(3)30(36)38-5-2)17-32-34-28(33-23-9-7-6-8-22(23)29(34)35)27-16-20-15-21(31)11-13-24(20)40-27/h6-18H,4-5H2,1-3H3/t18-/m1/s1. The Labute approximate surface area is 238 Å². The van der Waals surface area contributed by atoms with E-state index in [4.69, 9.17) is 23.6 Å². The predicted molar refractivity (Wildman–Crippen MR) is 156 cm³/mol. The van der Waals surface area contributed by atoms with E-state index in [1.54, 1.807) is 50.2 Å². The van der Waals surface area contributed by atoms with E-state index in [1.807, 2.05) is 37.3 Å². The van der Waals surface area contributed by atoms with Crippen LogP contribution in [0.2, 0.25) is 0 Å². The number of hydrogen-bond acceptors (Lipinski definition) is 8. The summed E-state index contributed by atoms with van der Waals surface area (Å²) in [5, 5.41) is 5.79. The van der Waals surface area contributed by atoms with Gasteiger partial charge in [0.2, 0.25) is 5.82 Å². The molecular formula is C30H26BrN3O6. The average molecular weight is 604 g/mol. The summed E-state index contributed by atoms with van der Waals surface area (Å²) in [6, 6.07) is 19.7. The first-order valence-corrected chi connectivity index (χ1v) is 13.5. The molecule has 10 heteroatoms. The van der Waals surface area contributed by atoms with E-state index < -0.39 is 12.1 Å². The largest absolute Gasteiger partial charge is 0.490 e. The molecule has 1 atom stereocenters. The summed E-state index contributed by atoms with van der Waals surface area (Å²) < 4.78 is 24.7. The van der Waals surface area contributed by atoms with E-state index in [2.05, 4.69) is 21.0 Å². The molecule has 5 rings (SSSR count). The maximum Gasteiger partial charge on any atom is 0.347 e. The van der Waals surface area contributed by atoms with Crippen LogP contribution in [0, 0.1) is 0 Å². The Morgan fingerprint density at radius 1 is 1.07 bits per heavy atom. The summed E-state index contributed by atoms with van der Waals surface area (Å²) in [6.07, 6.45) is 0.717. The molecule has 0 bridgehead atoms. The average Bonchev–Trinajstić information content (AvgIpc) is 3.37. The third kappa shape index (κ3) is 5.62. The maximum atomic E-state index is 13.5. The van der Waals surface area contributed by atoms with Crippen molar-refractivity contribution in [1.29, 1.82) is 0 Å². The number of carbonyl (C=O) groups excluding carboxylic acids is 1. The number of halogens is 1. The molecule has 9 nitrogen and oxygen atoms in total. The van der Waals surface area contributed by atoms with Crippen LogP contribution in [0.3, 0.4) is 0 Å². The Kier molecular flexibility index (Phi) is 7.97. The van der Waals surface area contributed by atoms with Crippen molar-refractivity contribution in [3.05, 3.63) is 87.1 Å². The second-order valence-corrected chi connectivity index (χ2v) is 9.67. The molecule has 0 spiro atoms. The van der Waals surface area contributed by atoms with Crippen molar-refractivity contribution >= 4 is 50.0 Å². The fraction of sp³-hybridized carbons (Fsp3) is 0.200. The number of carbonyl (C=O) groups is 1. The summed E-state index contributed by atoms with van der Waals surface area (Å²) in [6.45, 7) is 5.83. The van der Waals surface area contributed by atoms with Crippen LogP contribution in [-0.4, -0.2) is 41.2 Å². The molecular weight excluding hydrogens is 578 g/mol. The van der Waals surface area contributed by atoms with Crippen LogP contribution in [0.25, 0.3) is 33.5 Å². The van der Waals surface area contributed by atoms with E-state index in [0.717, 1.165) is 9.86 Å². The molecule has 0 fully saturated rings. The highest BCUT2D eigenvalue weighted by Crippen LogP contribution is 2.31. The Morgan fingerprint density at radius 2 is 1.90 bits per heavy atom. The van der Waals surface area contributed by atoms with Crippen LogP contribution in [-0.2, 0) is 9.53 Å². The van der Waals surface area contributed by atoms with Gasteiger partial charge in [0.15, 0.2) is 23.4 Å². The molecule has 0 saturated carbocycles. The summed E-state index contributed by atoms with van der Waals surface area (Å²) >= 11 is 3.48. The molecule has 0 radical (unpaired) electrons. The van der Waals surface area contributed by atoms with Crippen molar-refractivity contribution in [3.8, 4) is 23.1 Å². The van der Waals surface area contributed by atoms with Crippen molar-refractivity contribution in [2.24, 2.45) is 5.10 Å². The van der Waals surface area contributed by atoms with Crippen molar-refractivity contribution < 1.29 is 23.4 Å². The minimum absolute atomic E-state index is 0.261. The number of furan rings is 1. The highest BCUT2D eigenvalue weighted by molar-refractivity contribution is 9.10. The predicted octanol–water partition coefficient (Wildman–Crippen LogP) is 6.18. The molecule has 2 heterocycles. The number of para-hydroxylation sites is 1. The Hall–Kier alpha value is -4.44. The lowest BCUT2D eigenvalue weighted by Gasteiger charge is -2.16. The van der Waals surface area contributed by atoms with Gasteiger partial charge in [0, 0.05) is 9.86 Å². The van der Waals surface area contributed by atoms with Gasteiger partial charge in [0.05, 0.1) is 30.3 Å². The number of nitrogens with zero attached hydrogens (tertiary/aromatic N) is 3. The summed E-state index contributed by atoms with van der Waals surface area (Å²) in [5.74, 6) is 1.01. The van der Waals surface area contributed by atoms with Gasteiger partial charge in [-0.3, -0.25) is 4.79 Å². The van der Waals surface area contributed by atoms with E-state index in [9.17, 15) is 9.59 Å². The fourth-order valence-corrected chi connectivity index (χ4v) is 4.49. The lowest BCUT2D eigenvalue weighted by Crippen LogP contribution is -2.26. The number of esters is 1. The second-order valence-electron chi connectivity index (χ2n) is 8.76. The van der Waals surface area contributed by atoms with Crippen LogP contribution in [0.5, 0.6) is 11.5 Å². The first-order valence-electron chi connectivity index (χ1n) is 12.7. The Balaban J connectivity index is 1.56. The number of fused-ring (bicyclic) bond motifs is 2. The maximum absolute atomic E-state index is 13.5. The Morgan fingerprint density at radius 3 is 2.70 bits per heavy atom. The lowest BCUT2D eigenvalue weighted by atomic mass is 10.2. The van der Waals surface area contributed by atoms with Crippen molar-refractivity contribution in [1.82, 2.24) is 9.66 Å². The van der Waals surface area contributed by atoms with Gasteiger partial charge < -0.3 is 18.6 Å². The van der Waals surface area contributed by atoms with Crippen molar-refractivity contribution in [2.75, 3.05) is 13.2 Å². The third-order valence-electron chi connectivity index (χ3n) is 5.96. The van der Waals surface area contributed by atoms with Crippen molar-refractivity contribution in [3.63, 3.8) is 0 Å². The SMILES string of the molecule is CCOC(=O)[C@@H](C)Oc1ccc(C=Nn2c(-c3cc4cc(Br)ccc4o3)nc3ccccc3c2=O)cc1OCC. The monoisotopic (exact) mass is 603 g/mol. The van der Waals surface area contributed by atoms with Gasteiger partial charge >= 0.3 is 5.97 Å². The highest BCUT2D eigenvalue weighted by atomic mass is 79.9. The van der Waals surface area contributed by atoms with E-state index in [0.29, 0.717) is 45.9 Å². The van der Waals surface area contributed by atoms with Crippen LogP contribution in [0.1, 0.15) is 26.3 Å². The summed E-state index contributed by atoms with van der Waals surface area (Å²) in [7, 11) is 0. The minimum atomic E-state index is -0.812. The number of rotatable bonds is 9. The molecule has 2 aromatic heterocycles. The molecule has 0 amide bonds. The normalized spacial score (nSPS) is 12.2. The summed E-state index contributed by atoms with van der Waals surface area (Å²) in [5.41, 5.74) is 1.49. The molecule has 40 heavy (non-hydrogen) atoms. The van der Waals surface area contributed by atoms with E-state index in [1.165, 1.54) is 10.9 Å². The zero-order chi connectivity index (χ0) is 28.2. The van der Waals surface area contributed by atoms with Gasteiger partial charge in [-0.15, -0.1) is 0 Å². The van der Waals surface area contributed by atoms with Gasteiger partial charge in [-0.1, -0.05) is 28.1 Å². The first-order chi connectivity index (χ1) is 19.4. The molecule has 0 N–H and O–H groups in total. The third-order valence-corrected chi connectivity index (χ3v) is 6.46. The number of hydrogen-bond donors (Lipinski definition) is 0. The van der Waals surface area contributed by atoms with Crippen LogP contribution in [0.4, 0.5) is 0 Å². The van der Waals surface area contributed by atoms with Crippen molar-refractivity contribution in [2.45, 2.75) is 26.9 Å². The minimum Gasteiger partial charge on any atom is -0.490 e. The van der Waals surface area contributed by atoms with E-state index in [-0.39, 0.29) is 18.0 Å². The fourth-order valence-electron chi connectivity index (χ4n) is 4.11. The van der Waals surface area contributed by atoms with Gasteiger partial charge in [0.25, 0.3) is 5.56 Å². The molecule has 5 aromatic rings. The number of ether oxygens (including phenoxy) is 3. The second kappa shape index (κ2) is 11.7. The lowest BCUT2D eigenvalue weighted by molar-refractivity contribution is -0.150. The smallest absolute Gasteiger partial charge is 0.347 e. The first kappa shape index (κ1) is 27.1. The molecule has 3 aromatic carbocycles. The van der Waals surface area contributed by atoms with Gasteiger partial charge in [-0.2, -0.15) is 9.78 Å². The van der Waals surface area contributed by atoms with E-state index >= 15 is 0 Å². The number of aromatic nitrogens is 2. The zero-order valence-corrected chi connectivity index (χ0v) is 23.7. The molecule has 0 aliphatic carbocycles. The van der Waals surface area contributed by atoms with Crippen LogP contribution < -0.4 is 15.0 Å². The molecule has 0 aliphatic heterocycles. The highest BCUT2D eigenvalue weighted by Gasteiger charge is 2.19. The van der Waals surface area contributed by atoms with Crippen LogP contribution in [0.15, 0.2) is 85.5 Å². The molecule has 0 unspecified atom stereocenters.